The molecule has 2 aliphatic rings. The van der Waals surface area contributed by atoms with Crippen LogP contribution in [0.2, 0.25) is 0 Å². The van der Waals surface area contributed by atoms with E-state index in [0.717, 1.165) is 37.5 Å². The minimum Gasteiger partial charge on any atom is -0.336 e. The van der Waals surface area contributed by atoms with Crippen LogP contribution in [0.3, 0.4) is 0 Å². The van der Waals surface area contributed by atoms with Gasteiger partial charge >= 0.3 is 0 Å². The molecule has 0 aromatic carbocycles. The van der Waals surface area contributed by atoms with E-state index < -0.39 is 0 Å². The summed E-state index contributed by atoms with van der Waals surface area (Å²) in [6, 6.07) is 6.81. The van der Waals surface area contributed by atoms with Gasteiger partial charge in [-0.05, 0) is 41.0 Å². The van der Waals surface area contributed by atoms with Gasteiger partial charge in [0, 0.05) is 48.1 Å². The van der Waals surface area contributed by atoms with Crippen molar-refractivity contribution in [3.05, 3.63) is 50.4 Å². The molecule has 0 unspecified atom stereocenters. The number of thiophene rings is 2. The molecule has 1 saturated heterocycles. The zero-order valence-electron chi connectivity index (χ0n) is 12.3. The largest absolute Gasteiger partial charge is 0.336 e. The average molecular weight is 330 g/mol. The van der Waals surface area contributed by atoms with E-state index in [1.807, 2.05) is 39.8 Å². The molecule has 2 aliphatic heterocycles. The van der Waals surface area contributed by atoms with Crippen LogP contribution in [0.4, 0.5) is 0 Å². The van der Waals surface area contributed by atoms with Crippen molar-refractivity contribution in [1.29, 1.82) is 0 Å². The highest BCUT2D eigenvalue weighted by atomic mass is 32.1. The van der Waals surface area contributed by atoms with E-state index in [4.69, 9.17) is 0 Å². The molecule has 4 rings (SSSR count). The molecule has 1 fully saturated rings. The molecule has 0 spiro atoms. The summed E-state index contributed by atoms with van der Waals surface area (Å²) >= 11 is 3.53. The lowest BCUT2D eigenvalue weighted by Gasteiger charge is -2.46. The summed E-state index contributed by atoms with van der Waals surface area (Å²) in [4.78, 5) is 19.3. The first kappa shape index (κ1) is 14.2. The van der Waals surface area contributed by atoms with Crippen LogP contribution >= 0.6 is 22.7 Å². The summed E-state index contributed by atoms with van der Waals surface area (Å²) in [6.07, 6.45) is 4.78. The number of rotatable bonds is 3. The predicted octanol–water partition coefficient (Wildman–Crippen LogP) is 3.09. The van der Waals surface area contributed by atoms with Crippen LogP contribution in [-0.4, -0.2) is 41.4 Å². The lowest BCUT2D eigenvalue weighted by Crippen LogP contribution is -2.61. The minimum absolute atomic E-state index is 0.137. The SMILES string of the molecule is O=C(/C=C/c1cccs1)N1CC(N2CCc3sccc3C2)C1. The molecule has 0 bridgehead atoms. The lowest BCUT2D eigenvalue weighted by molar-refractivity contribution is -0.133. The second-order valence-electron chi connectivity index (χ2n) is 5.84. The number of carbonyl (C=O) groups excluding carboxylic acids is 1. The maximum absolute atomic E-state index is 12.1. The second-order valence-corrected chi connectivity index (χ2v) is 7.82. The normalized spacial score (nSPS) is 19.4. The Labute approximate surface area is 138 Å². The Bertz CT molecular complexity index is 683. The summed E-state index contributed by atoms with van der Waals surface area (Å²) in [6.45, 7) is 3.92. The summed E-state index contributed by atoms with van der Waals surface area (Å²) in [5.74, 6) is 0.137. The Morgan fingerprint density at radius 3 is 2.95 bits per heavy atom. The van der Waals surface area contributed by atoms with Crippen molar-refractivity contribution in [1.82, 2.24) is 9.80 Å². The van der Waals surface area contributed by atoms with Crippen LogP contribution in [0.5, 0.6) is 0 Å². The van der Waals surface area contributed by atoms with E-state index in [9.17, 15) is 4.79 Å². The Hall–Kier alpha value is -1.43. The number of hydrogen-bond acceptors (Lipinski definition) is 4. The zero-order chi connectivity index (χ0) is 14.9. The summed E-state index contributed by atoms with van der Waals surface area (Å²) < 4.78 is 0. The second kappa shape index (κ2) is 5.99. The van der Waals surface area contributed by atoms with Crippen molar-refractivity contribution in [3.63, 3.8) is 0 Å². The Morgan fingerprint density at radius 1 is 1.23 bits per heavy atom. The molecule has 22 heavy (non-hydrogen) atoms. The quantitative estimate of drug-likeness (QED) is 0.808. The van der Waals surface area contributed by atoms with Gasteiger partial charge in [-0.3, -0.25) is 9.69 Å². The highest BCUT2D eigenvalue weighted by Crippen LogP contribution is 2.27. The van der Waals surface area contributed by atoms with Gasteiger partial charge in [-0.25, -0.2) is 0 Å². The molecule has 0 saturated carbocycles. The first-order valence-electron chi connectivity index (χ1n) is 7.59. The Balaban J connectivity index is 1.30. The number of carbonyl (C=O) groups is 1. The Kier molecular flexibility index (Phi) is 3.86. The first-order chi connectivity index (χ1) is 10.8. The maximum Gasteiger partial charge on any atom is 0.246 e. The fourth-order valence-corrected chi connectivity index (χ4v) is 4.60. The molecule has 2 aromatic heterocycles. The number of nitrogens with zero attached hydrogens (tertiary/aromatic N) is 2. The number of hydrogen-bond donors (Lipinski definition) is 0. The van der Waals surface area contributed by atoms with Gasteiger partial charge in [0.1, 0.15) is 0 Å². The monoisotopic (exact) mass is 330 g/mol. The third kappa shape index (κ3) is 2.76. The van der Waals surface area contributed by atoms with E-state index in [1.54, 1.807) is 22.3 Å². The number of amides is 1. The fraction of sp³-hybridized carbons (Fsp3) is 0.353. The Morgan fingerprint density at radius 2 is 2.14 bits per heavy atom. The van der Waals surface area contributed by atoms with Crippen LogP contribution in [0.25, 0.3) is 6.08 Å². The van der Waals surface area contributed by atoms with Gasteiger partial charge in [0.2, 0.25) is 5.91 Å². The molecule has 3 nitrogen and oxygen atoms in total. The van der Waals surface area contributed by atoms with Crippen molar-refractivity contribution < 1.29 is 4.79 Å². The molecule has 4 heterocycles. The molecule has 0 atom stereocenters. The average Bonchev–Trinajstić information content (AvgIpc) is 3.14. The third-order valence-corrected chi connectivity index (χ3v) is 6.32. The van der Waals surface area contributed by atoms with E-state index in [0.29, 0.717) is 6.04 Å². The predicted molar refractivity (Wildman–Crippen MR) is 92.2 cm³/mol. The zero-order valence-corrected chi connectivity index (χ0v) is 13.9. The molecule has 5 heteroatoms. The van der Waals surface area contributed by atoms with Gasteiger partial charge in [0.15, 0.2) is 0 Å². The maximum atomic E-state index is 12.1. The van der Waals surface area contributed by atoms with Crippen molar-refractivity contribution in [2.45, 2.75) is 19.0 Å². The van der Waals surface area contributed by atoms with Gasteiger partial charge in [0.25, 0.3) is 0 Å². The fourth-order valence-electron chi connectivity index (χ4n) is 3.09. The highest BCUT2D eigenvalue weighted by Gasteiger charge is 2.35. The molecule has 2 aromatic rings. The van der Waals surface area contributed by atoms with Gasteiger partial charge in [-0.2, -0.15) is 0 Å². The number of likely N-dealkylation sites (tertiary alicyclic amines) is 1. The van der Waals surface area contributed by atoms with Crippen LogP contribution in [0.1, 0.15) is 15.3 Å². The van der Waals surface area contributed by atoms with Crippen molar-refractivity contribution >= 4 is 34.7 Å². The van der Waals surface area contributed by atoms with Crippen LogP contribution < -0.4 is 0 Å². The van der Waals surface area contributed by atoms with Crippen LogP contribution in [-0.2, 0) is 17.8 Å². The van der Waals surface area contributed by atoms with Crippen LogP contribution in [0, 0.1) is 0 Å². The lowest BCUT2D eigenvalue weighted by atomic mass is 10.0. The first-order valence-corrected chi connectivity index (χ1v) is 9.35. The number of fused-ring (bicyclic) bond motifs is 1. The molecular weight excluding hydrogens is 312 g/mol. The molecule has 114 valence electrons. The van der Waals surface area contributed by atoms with E-state index >= 15 is 0 Å². The molecular formula is C17H18N2OS2. The van der Waals surface area contributed by atoms with Gasteiger partial charge in [-0.1, -0.05) is 6.07 Å². The van der Waals surface area contributed by atoms with Gasteiger partial charge in [-0.15, -0.1) is 22.7 Å². The van der Waals surface area contributed by atoms with E-state index in [2.05, 4.69) is 16.3 Å². The highest BCUT2D eigenvalue weighted by molar-refractivity contribution is 7.10. The molecule has 0 radical (unpaired) electrons. The molecule has 1 amide bonds. The van der Waals surface area contributed by atoms with Crippen molar-refractivity contribution in [2.75, 3.05) is 19.6 Å². The van der Waals surface area contributed by atoms with Gasteiger partial charge in [0.05, 0.1) is 0 Å². The molecule has 0 N–H and O–H groups in total. The minimum atomic E-state index is 0.137. The van der Waals surface area contributed by atoms with E-state index in [1.165, 1.54) is 5.56 Å². The third-order valence-electron chi connectivity index (χ3n) is 4.46. The summed E-state index contributed by atoms with van der Waals surface area (Å²) in [5.41, 5.74) is 1.48. The smallest absolute Gasteiger partial charge is 0.246 e. The summed E-state index contributed by atoms with van der Waals surface area (Å²) in [7, 11) is 0. The molecule has 0 aliphatic carbocycles. The van der Waals surface area contributed by atoms with Crippen molar-refractivity contribution in [2.24, 2.45) is 0 Å². The van der Waals surface area contributed by atoms with E-state index in [-0.39, 0.29) is 5.91 Å². The summed E-state index contributed by atoms with van der Waals surface area (Å²) in [5, 5.41) is 4.22. The standard InChI is InChI=1S/C17H18N2OS2/c20-17(4-3-15-2-1-8-21-15)19-11-14(12-19)18-7-5-16-13(10-18)6-9-22-16/h1-4,6,8-9,14H,5,7,10-12H2/b4-3+. The van der Waals surface area contributed by atoms with Crippen LogP contribution in [0.15, 0.2) is 35.0 Å². The van der Waals surface area contributed by atoms with Crippen molar-refractivity contribution in [3.8, 4) is 0 Å². The van der Waals surface area contributed by atoms with Gasteiger partial charge < -0.3 is 4.90 Å². The topological polar surface area (TPSA) is 23.6 Å².